The first-order chi connectivity index (χ1) is 14.2. The molecule has 0 radical (unpaired) electrons. The van der Waals surface area contributed by atoms with Gasteiger partial charge in [-0.05, 0) is 68.3 Å². The standard InChI is InChI=1S/C20H9Br2Cl4NO3/c21-12-7-9(27-19(28)10-3-1-5-14(23)16(10)25)8-13(22)18(12)30-20(29)11-4-2-6-15(24)17(11)26/h1-8H,(H,27,28). The average molecular weight is 613 g/mol. The molecule has 3 aromatic rings. The van der Waals surface area contributed by atoms with Crippen LogP contribution in [0.5, 0.6) is 5.75 Å². The number of ether oxygens (including phenoxy) is 1. The molecule has 10 heteroatoms. The summed E-state index contributed by atoms with van der Waals surface area (Å²) in [6.45, 7) is 0. The van der Waals surface area contributed by atoms with E-state index in [9.17, 15) is 9.59 Å². The minimum atomic E-state index is -0.689. The van der Waals surface area contributed by atoms with Gasteiger partial charge in [0.15, 0.2) is 5.75 Å². The van der Waals surface area contributed by atoms with Gasteiger partial charge in [0.05, 0.1) is 40.2 Å². The topological polar surface area (TPSA) is 55.4 Å². The van der Waals surface area contributed by atoms with E-state index >= 15 is 0 Å². The monoisotopic (exact) mass is 609 g/mol. The molecule has 0 unspecified atom stereocenters. The van der Waals surface area contributed by atoms with Crippen LogP contribution in [-0.2, 0) is 0 Å². The first kappa shape index (κ1) is 23.4. The third-order valence-corrected chi connectivity index (χ3v) is 6.63. The van der Waals surface area contributed by atoms with Crippen LogP contribution in [0.3, 0.4) is 0 Å². The summed E-state index contributed by atoms with van der Waals surface area (Å²) in [6, 6.07) is 12.6. The summed E-state index contributed by atoms with van der Waals surface area (Å²) in [7, 11) is 0. The third kappa shape index (κ3) is 5.13. The molecule has 0 aliphatic carbocycles. The number of rotatable bonds is 4. The fraction of sp³-hybridized carbons (Fsp3) is 0. The van der Waals surface area contributed by atoms with Gasteiger partial charge in [-0.15, -0.1) is 0 Å². The van der Waals surface area contributed by atoms with Crippen LogP contribution in [0.15, 0.2) is 57.5 Å². The van der Waals surface area contributed by atoms with Crippen LogP contribution in [-0.4, -0.2) is 11.9 Å². The number of carbonyl (C=O) groups is 2. The molecule has 3 rings (SSSR count). The molecule has 0 spiro atoms. The highest BCUT2D eigenvalue weighted by molar-refractivity contribution is 9.11. The van der Waals surface area contributed by atoms with Gasteiger partial charge in [0, 0.05) is 5.69 Å². The summed E-state index contributed by atoms with van der Waals surface area (Å²) in [4.78, 5) is 25.0. The molecule has 0 atom stereocenters. The van der Waals surface area contributed by atoms with Gasteiger partial charge < -0.3 is 10.1 Å². The minimum absolute atomic E-state index is 0.0960. The maximum absolute atomic E-state index is 12.5. The molecule has 0 bridgehead atoms. The smallest absolute Gasteiger partial charge is 0.345 e. The van der Waals surface area contributed by atoms with E-state index in [2.05, 4.69) is 37.2 Å². The number of halogens is 6. The molecular formula is C20H9Br2Cl4NO3. The Bertz CT molecular complexity index is 1150. The quantitative estimate of drug-likeness (QED) is 0.238. The highest BCUT2D eigenvalue weighted by atomic mass is 79.9. The fourth-order valence-corrected chi connectivity index (χ4v) is 4.53. The number of amides is 1. The van der Waals surface area contributed by atoms with Crippen molar-refractivity contribution in [1.82, 2.24) is 0 Å². The van der Waals surface area contributed by atoms with E-state index in [0.29, 0.717) is 14.6 Å². The summed E-state index contributed by atoms with van der Waals surface area (Å²) in [5.41, 5.74) is 0.772. The summed E-state index contributed by atoms with van der Waals surface area (Å²) >= 11 is 30.8. The van der Waals surface area contributed by atoms with Crippen LogP contribution in [0.2, 0.25) is 20.1 Å². The molecule has 154 valence electrons. The first-order valence-electron chi connectivity index (χ1n) is 8.09. The molecule has 0 fully saturated rings. The zero-order valence-corrected chi connectivity index (χ0v) is 20.8. The Morgan fingerprint density at radius 1 is 0.800 bits per heavy atom. The van der Waals surface area contributed by atoms with E-state index in [1.165, 1.54) is 6.07 Å². The van der Waals surface area contributed by atoms with E-state index in [1.54, 1.807) is 42.5 Å². The zero-order chi connectivity index (χ0) is 22.0. The van der Waals surface area contributed by atoms with Gasteiger partial charge in [-0.3, -0.25) is 4.79 Å². The summed E-state index contributed by atoms with van der Waals surface area (Å²) in [5, 5.41) is 3.47. The second-order valence-corrected chi connectivity index (χ2v) is 9.09. The van der Waals surface area contributed by atoms with Crippen molar-refractivity contribution in [2.45, 2.75) is 0 Å². The highest BCUT2D eigenvalue weighted by Crippen LogP contribution is 2.38. The summed E-state index contributed by atoms with van der Waals surface area (Å²) in [6.07, 6.45) is 0. The van der Waals surface area contributed by atoms with Gasteiger partial charge in [0.2, 0.25) is 0 Å². The van der Waals surface area contributed by atoms with Crippen molar-refractivity contribution >= 4 is 95.8 Å². The van der Waals surface area contributed by atoms with Gasteiger partial charge in [0.1, 0.15) is 0 Å². The minimum Gasteiger partial charge on any atom is -0.420 e. The predicted octanol–water partition coefficient (Wildman–Crippen LogP) is 8.30. The van der Waals surface area contributed by atoms with Crippen molar-refractivity contribution < 1.29 is 14.3 Å². The van der Waals surface area contributed by atoms with Crippen LogP contribution in [0.1, 0.15) is 20.7 Å². The molecule has 0 saturated carbocycles. The largest absolute Gasteiger partial charge is 0.420 e. The SMILES string of the molecule is O=C(Nc1cc(Br)c(OC(=O)c2cccc(Cl)c2Cl)c(Br)c1)c1cccc(Cl)c1Cl. The molecule has 30 heavy (non-hydrogen) atoms. The summed E-state index contributed by atoms with van der Waals surface area (Å²) < 4.78 is 6.28. The Kier molecular flexibility index (Phi) is 7.71. The zero-order valence-electron chi connectivity index (χ0n) is 14.6. The predicted molar refractivity (Wildman–Crippen MR) is 128 cm³/mol. The van der Waals surface area contributed by atoms with Crippen LogP contribution >= 0.6 is 78.3 Å². The maximum atomic E-state index is 12.5. The van der Waals surface area contributed by atoms with Gasteiger partial charge in [-0.1, -0.05) is 58.5 Å². The lowest BCUT2D eigenvalue weighted by Crippen LogP contribution is -2.13. The third-order valence-electron chi connectivity index (χ3n) is 3.82. The van der Waals surface area contributed by atoms with E-state index in [-0.39, 0.29) is 37.0 Å². The maximum Gasteiger partial charge on any atom is 0.345 e. The molecule has 0 heterocycles. The van der Waals surface area contributed by atoms with Crippen LogP contribution in [0.25, 0.3) is 0 Å². The molecule has 0 aliphatic heterocycles. The number of benzene rings is 3. The van der Waals surface area contributed by atoms with Gasteiger partial charge in [-0.25, -0.2) is 4.79 Å². The number of esters is 1. The van der Waals surface area contributed by atoms with E-state index in [4.69, 9.17) is 51.1 Å². The number of carbonyl (C=O) groups excluding carboxylic acids is 2. The Balaban J connectivity index is 1.83. The van der Waals surface area contributed by atoms with Crippen molar-refractivity contribution in [2.75, 3.05) is 5.32 Å². The summed E-state index contributed by atoms with van der Waals surface area (Å²) in [5.74, 6) is -0.932. The van der Waals surface area contributed by atoms with Gasteiger partial charge in [-0.2, -0.15) is 0 Å². The Labute approximate surface area is 208 Å². The lowest BCUT2D eigenvalue weighted by atomic mass is 10.2. The van der Waals surface area contributed by atoms with Crippen LogP contribution in [0.4, 0.5) is 5.69 Å². The van der Waals surface area contributed by atoms with Gasteiger partial charge >= 0.3 is 5.97 Å². The Hall–Kier alpha value is -1.28. The molecular weight excluding hydrogens is 604 g/mol. The Morgan fingerprint density at radius 2 is 1.30 bits per heavy atom. The lowest BCUT2D eigenvalue weighted by Gasteiger charge is -2.13. The van der Waals surface area contributed by atoms with Crippen LogP contribution < -0.4 is 10.1 Å². The molecule has 3 aromatic carbocycles. The molecule has 1 N–H and O–H groups in total. The molecule has 0 aromatic heterocycles. The highest BCUT2D eigenvalue weighted by Gasteiger charge is 2.20. The van der Waals surface area contributed by atoms with E-state index < -0.39 is 11.9 Å². The average Bonchev–Trinajstić information content (AvgIpc) is 2.68. The van der Waals surface area contributed by atoms with E-state index in [0.717, 1.165) is 0 Å². The fourth-order valence-electron chi connectivity index (χ4n) is 2.42. The van der Waals surface area contributed by atoms with Gasteiger partial charge in [0.25, 0.3) is 5.91 Å². The van der Waals surface area contributed by atoms with Crippen molar-refractivity contribution in [3.8, 4) is 5.75 Å². The second-order valence-electron chi connectivity index (χ2n) is 5.82. The second kappa shape index (κ2) is 9.90. The van der Waals surface area contributed by atoms with Crippen LogP contribution in [0, 0.1) is 0 Å². The van der Waals surface area contributed by atoms with Crippen molar-refractivity contribution in [1.29, 1.82) is 0 Å². The number of nitrogens with one attached hydrogen (secondary N) is 1. The first-order valence-corrected chi connectivity index (χ1v) is 11.2. The van der Waals surface area contributed by atoms with E-state index in [1.807, 2.05) is 0 Å². The molecule has 0 aliphatic rings. The normalized spacial score (nSPS) is 10.6. The van der Waals surface area contributed by atoms with Crippen molar-refractivity contribution in [2.24, 2.45) is 0 Å². The Morgan fingerprint density at radius 3 is 1.87 bits per heavy atom. The lowest BCUT2D eigenvalue weighted by molar-refractivity contribution is 0.0732. The van der Waals surface area contributed by atoms with Crippen molar-refractivity contribution in [3.05, 3.63) is 88.7 Å². The molecule has 4 nitrogen and oxygen atoms in total. The van der Waals surface area contributed by atoms with Crippen molar-refractivity contribution in [3.63, 3.8) is 0 Å². The number of hydrogen-bond acceptors (Lipinski definition) is 3. The number of hydrogen-bond donors (Lipinski definition) is 1. The molecule has 0 saturated heterocycles. The molecule has 1 amide bonds. The number of anilines is 1.